The molecule has 0 radical (unpaired) electrons. The van der Waals surface area contributed by atoms with Gasteiger partial charge in [-0.05, 0) is 62.4 Å². The summed E-state index contributed by atoms with van der Waals surface area (Å²) < 4.78 is 0. The van der Waals surface area contributed by atoms with Crippen molar-refractivity contribution in [2.75, 3.05) is 12.8 Å². The second-order valence-electron chi connectivity index (χ2n) is 8.46. The van der Waals surface area contributed by atoms with E-state index < -0.39 is 6.04 Å². The standard InChI is InChI=1S/C26H31N3O3S/c1-16-13-22(29(15-16)26(32)21-7-6-8-23(30)17(21)2)25(31)28-14-19-9-11-20(12-10-19)24(33-5)18(3)27-4/h6-12,16,22,30H,4,13-15H2,1-3,5H3,(H,28,31)/b24-18-/t16-,22+/m1/s1. The second-order valence-corrected chi connectivity index (χ2v) is 9.27. The summed E-state index contributed by atoms with van der Waals surface area (Å²) in [5.74, 6) is -0.0815. The number of aliphatic imine (C=N–C) groups is 1. The lowest BCUT2D eigenvalue weighted by molar-refractivity contribution is -0.125. The molecule has 0 saturated carbocycles. The van der Waals surface area contributed by atoms with Crippen molar-refractivity contribution in [1.82, 2.24) is 10.2 Å². The van der Waals surface area contributed by atoms with Crippen molar-refractivity contribution in [3.8, 4) is 5.75 Å². The number of hydrogen-bond donors (Lipinski definition) is 2. The molecule has 33 heavy (non-hydrogen) atoms. The number of carbonyl (C=O) groups is 2. The van der Waals surface area contributed by atoms with Gasteiger partial charge in [0.25, 0.3) is 5.91 Å². The molecule has 0 unspecified atom stereocenters. The van der Waals surface area contributed by atoms with Crippen LogP contribution in [0.4, 0.5) is 0 Å². The van der Waals surface area contributed by atoms with E-state index in [4.69, 9.17) is 0 Å². The molecule has 0 spiro atoms. The van der Waals surface area contributed by atoms with Crippen LogP contribution in [0.1, 0.15) is 47.3 Å². The zero-order valence-electron chi connectivity index (χ0n) is 19.6. The Hall–Kier alpha value is -3.06. The average Bonchev–Trinajstić information content (AvgIpc) is 3.21. The van der Waals surface area contributed by atoms with Crippen molar-refractivity contribution < 1.29 is 14.7 Å². The van der Waals surface area contributed by atoms with Crippen LogP contribution in [0.15, 0.2) is 53.2 Å². The van der Waals surface area contributed by atoms with E-state index in [1.54, 1.807) is 41.8 Å². The minimum atomic E-state index is -0.527. The zero-order valence-corrected chi connectivity index (χ0v) is 20.4. The van der Waals surface area contributed by atoms with Gasteiger partial charge in [0.2, 0.25) is 5.91 Å². The maximum absolute atomic E-state index is 13.2. The van der Waals surface area contributed by atoms with Crippen molar-refractivity contribution in [3.63, 3.8) is 0 Å². The molecule has 2 amide bonds. The van der Waals surface area contributed by atoms with Crippen molar-refractivity contribution in [3.05, 3.63) is 70.4 Å². The molecule has 1 fully saturated rings. The SMILES string of the molecule is C=N/C(C)=C(\SC)c1ccc(CNC(=O)[C@@H]2C[C@@H](C)CN2C(=O)c2cccc(O)c2C)cc1. The van der Waals surface area contributed by atoms with E-state index in [1.165, 1.54) is 0 Å². The number of benzene rings is 2. The van der Waals surface area contributed by atoms with Gasteiger partial charge in [-0.2, -0.15) is 0 Å². The Kier molecular flexibility index (Phi) is 7.97. The van der Waals surface area contributed by atoms with Crippen LogP contribution in [0.3, 0.4) is 0 Å². The summed E-state index contributed by atoms with van der Waals surface area (Å²) in [7, 11) is 0. The lowest BCUT2D eigenvalue weighted by atomic mass is 10.1. The molecule has 1 saturated heterocycles. The normalized spacial score (nSPS) is 18.6. The minimum Gasteiger partial charge on any atom is -0.508 e. The van der Waals surface area contributed by atoms with Crippen LogP contribution in [0, 0.1) is 12.8 Å². The number of aromatic hydroxyl groups is 1. The van der Waals surface area contributed by atoms with Crippen LogP contribution in [0.5, 0.6) is 5.75 Å². The van der Waals surface area contributed by atoms with Crippen LogP contribution in [-0.2, 0) is 11.3 Å². The van der Waals surface area contributed by atoms with E-state index in [0.717, 1.165) is 21.7 Å². The molecule has 174 valence electrons. The van der Waals surface area contributed by atoms with Crippen molar-refractivity contribution in [2.24, 2.45) is 10.9 Å². The number of allylic oxidation sites excluding steroid dienone is 1. The Morgan fingerprint density at radius 1 is 1.24 bits per heavy atom. The van der Waals surface area contributed by atoms with Gasteiger partial charge in [-0.1, -0.05) is 37.3 Å². The number of thioether (sulfide) groups is 1. The number of carbonyl (C=O) groups excluding carboxylic acids is 2. The quantitative estimate of drug-likeness (QED) is 0.585. The second kappa shape index (κ2) is 10.7. The number of rotatable bonds is 7. The van der Waals surface area contributed by atoms with Gasteiger partial charge in [-0.25, -0.2) is 0 Å². The summed E-state index contributed by atoms with van der Waals surface area (Å²) in [6, 6.07) is 12.4. The third kappa shape index (κ3) is 5.47. The van der Waals surface area contributed by atoms with Crippen LogP contribution < -0.4 is 5.32 Å². The van der Waals surface area contributed by atoms with Crippen LogP contribution in [0.25, 0.3) is 4.91 Å². The van der Waals surface area contributed by atoms with E-state index in [1.807, 2.05) is 44.4 Å². The Labute approximate surface area is 199 Å². The maximum Gasteiger partial charge on any atom is 0.254 e. The van der Waals surface area contributed by atoms with Gasteiger partial charge in [-0.15, -0.1) is 11.8 Å². The molecule has 2 aromatic rings. The lowest BCUT2D eigenvalue weighted by Crippen LogP contribution is -2.45. The number of nitrogens with one attached hydrogen (secondary N) is 1. The molecule has 0 aliphatic carbocycles. The molecular weight excluding hydrogens is 434 g/mol. The predicted molar refractivity (Wildman–Crippen MR) is 135 cm³/mol. The summed E-state index contributed by atoms with van der Waals surface area (Å²) in [5, 5.41) is 13.0. The van der Waals surface area contributed by atoms with E-state index in [0.29, 0.717) is 30.6 Å². The number of phenolic OH excluding ortho intramolecular Hbond substituents is 1. The van der Waals surface area contributed by atoms with E-state index >= 15 is 0 Å². The fourth-order valence-corrected chi connectivity index (χ4v) is 4.89. The molecule has 2 aromatic carbocycles. The molecule has 2 atom stereocenters. The fraction of sp³-hybridized carbons (Fsp3) is 0.346. The smallest absolute Gasteiger partial charge is 0.254 e. The Morgan fingerprint density at radius 3 is 2.58 bits per heavy atom. The van der Waals surface area contributed by atoms with Crippen LogP contribution >= 0.6 is 11.8 Å². The number of amides is 2. The highest BCUT2D eigenvalue weighted by atomic mass is 32.2. The number of hydrogen-bond acceptors (Lipinski definition) is 5. The topological polar surface area (TPSA) is 82.0 Å². The largest absolute Gasteiger partial charge is 0.508 e. The first-order chi connectivity index (χ1) is 15.8. The Balaban J connectivity index is 1.69. The molecule has 0 aromatic heterocycles. The summed E-state index contributed by atoms with van der Waals surface area (Å²) in [5.41, 5.74) is 3.88. The number of likely N-dealkylation sites (tertiary alicyclic amines) is 1. The van der Waals surface area contributed by atoms with Gasteiger partial charge in [-0.3, -0.25) is 14.6 Å². The van der Waals surface area contributed by atoms with Gasteiger partial charge >= 0.3 is 0 Å². The third-order valence-corrected chi connectivity index (χ3v) is 7.00. The van der Waals surface area contributed by atoms with Crippen LogP contribution in [-0.4, -0.2) is 47.4 Å². The first-order valence-electron chi connectivity index (χ1n) is 10.9. The maximum atomic E-state index is 13.2. The molecule has 1 aliphatic heterocycles. The first-order valence-corrected chi connectivity index (χ1v) is 12.2. The van der Waals surface area contributed by atoms with E-state index in [-0.39, 0.29) is 23.5 Å². The Morgan fingerprint density at radius 2 is 1.94 bits per heavy atom. The predicted octanol–water partition coefficient (Wildman–Crippen LogP) is 4.62. The molecule has 0 bridgehead atoms. The van der Waals surface area contributed by atoms with E-state index in [9.17, 15) is 14.7 Å². The zero-order chi connectivity index (χ0) is 24.1. The van der Waals surface area contributed by atoms with Crippen molar-refractivity contribution >= 4 is 35.2 Å². The first kappa shape index (κ1) is 24.6. The highest BCUT2D eigenvalue weighted by Crippen LogP contribution is 2.30. The lowest BCUT2D eigenvalue weighted by Gasteiger charge is -2.25. The monoisotopic (exact) mass is 465 g/mol. The highest BCUT2D eigenvalue weighted by molar-refractivity contribution is 8.07. The fourth-order valence-electron chi connectivity index (χ4n) is 4.16. The van der Waals surface area contributed by atoms with Crippen molar-refractivity contribution in [1.29, 1.82) is 0 Å². The summed E-state index contributed by atoms with van der Waals surface area (Å²) >= 11 is 1.62. The number of nitrogens with zero attached hydrogens (tertiary/aromatic N) is 2. The Bertz CT molecular complexity index is 1080. The van der Waals surface area contributed by atoms with Gasteiger partial charge in [0.1, 0.15) is 11.8 Å². The van der Waals surface area contributed by atoms with Gasteiger partial charge < -0.3 is 15.3 Å². The van der Waals surface area contributed by atoms with E-state index in [2.05, 4.69) is 17.0 Å². The molecular formula is C26H31N3O3S. The molecule has 1 heterocycles. The molecule has 7 heteroatoms. The molecule has 3 rings (SSSR count). The molecule has 1 aliphatic rings. The van der Waals surface area contributed by atoms with Gasteiger partial charge in [0.15, 0.2) is 0 Å². The van der Waals surface area contributed by atoms with Crippen molar-refractivity contribution in [2.45, 2.75) is 39.8 Å². The highest BCUT2D eigenvalue weighted by Gasteiger charge is 2.38. The van der Waals surface area contributed by atoms with Gasteiger partial charge in [0.05, 0.1) is 5.70 Å². The minimum absolute atomic E-state index is 0.0797. The summed E-state index contributed by atoms with van der Waals surface area (Å²) in [6.07, 6.45) is 2.62. The number of phenols is 1. The summed E-state index contributed by atoms with van der Waals surface area (Å²) in [4.78, 5) is 32.9. The van der Waals surface area contributed by atoms with Gasteiger partial charge in [0, 0.05) is 29.1 Å². The molecule has 6 nitrogen and oxygen atoms in total. The summed E-state index contributed by atoms with van der Waals surface area (Å²) in [6.45, 7) is 10.2. The molecule has 2 N–H and O–H groups in total. The average molecular weight is 466 g/mol. The third-order valence-electron chi connectivity index (χ3n) is 6.06. The van der Waals surface area contributed by atoms with Crippen LogP contribution in [0.2, 0.25) is 0 Å².